The predicted molar refractivity (Wildman–Crippen MR) is 117 cm³/mol. The minimum Gasteiger partial charge on any atom is -0.404 e. The Balaban J connectivity index is 1.91. The molecule has 4 N–H and O–H groups in total. The van der Waals surface area contributed by atoms with E-state index in [1.807, 2.05) is 24.4 Å². The van der Waals surface area contributed by atoms with E-state index in [1.165, 1.54) is 6.20 Å². The quantitative estimate of drug-likeness (QED) is 0.549. The van der Waals surface area contributed by atoms with Gasteiger partial charge in [-0.25, -0.2) is 15.0 Å². The van der Waals surface area contributed by atoms with E-state index in [1.54, 1.807) is 13.2 Å². The average Bonchev–Trinajstić information content (AvgIpc) is 3.26. The van der Waals surface area contributed by atoms with Crippen molar-refractivity contribution in [2.24, 2.45) is 10.7 Å². The van der Waals surface area contributed by atoms with Crippen LogP contribution in [0.4, 0.5) is 5.82 Å². The molecule has 9 heteroatoms. The lowest BCUT2D eigenvalue weighted by molar-refractivity contribution is 0.0985. The third-order valence-corrected chi connectivity index (χ3v) is 5.25. The first-order valence-electron chi connectivity index (χ1n) is 9.81. The molecule has 1 aliphatic heterocycles. The monoisotopic (exact) mass is 407 g/mol. The molecule has 0 amide bonds. The number of pyridine rings is 1. The van der Waals surface area contributed by atoms with Crippen LogP contribution >= 0.6 is 0 Å². The van der Waals surface area contributed by atoms with Gasteiger partial charge in [0, 0.05) is 54.8 Å². The van der Waals surface area contributed by atoms with E-state index in [2.05, 4.69) is 26.8 Å². The number of hydrogen-bond donors (Lipinski definition) is 3. The van der Waals surface area contributed by atoms with Crippen molar-refractivity contribution in [1.29, 1.82) is 0 Å². The number of hydrogen-bond acceptors (Lipinski definition) is 8. The number of aromatic nitrogens is 4. The highest BCUT2D eigenvalue weighted by Gasteiger charge is 2.23. The smallest absolute Gasteiger partial charge is 0.162 e. The number of morpholine rings is 1. The van der Waals surface area contributed by atoms with Gasteiger partial charge >= 0.3 is 0 Å². The Morgan fingerprint density at radius 3 is 3.03 bits per heavy atom. The van der Waals surface area contributed by atoms with Crippen LogP contribution in [0, 0.1) is 0 Å². The number of nitrogens with one attached hydrogen (secondary N) is 1. The number of aliphatic hydroxyl groups excluding tert-OH is 1. The summed E-state index contributed by atoms with van der Waals surface area (Å²) in [6.07, 6.45) is 5.00. The van der Waals surface area contributed by atoms with Gasteiger partial charge in [0.25, 0.3) is 0 Å². The first-order valence-corrected chi connectivity index (χ1v) is 9.81. The highest BCUT2D eigenvalue weighted by atomic mass is 16.5. The fraction of sp³-hybridized carbons (Fsp3) is 0.333. The average molecular weight is 407 g/mol. The van der Waals surface area contributed by atoms with Gasteiger partial charge in [0.05, 0.1) is 37.3 Å². The van der Waals surface area contributed by atoms with Crippen molar-refractivity contribution in [3.63, 3.8) is 0 Å². The van der Waals surface area contributed by atoms with E-state index in [0.29, 0.717) is 36.0 Å². The first-order chi connectivity index (χ1) is 14.7. The molecule has 0 saturated carbocycles. The zero-order chi connectivity index (χ0) is 21.1. The summed E-state index contributed by atoms with van der Waals surface area (Å²) in [5.74, 6) is 1.33. The van der Waals surface area contributed by atoms with Crippen molar-refractivity contribution >= 4 is 28.1 Å². The Hall–Kier alpha value is -3.30. The molecular weight excluding hydrogens is 382 g/mol. The first kappa shape index (κ1) is 20.0. The van der Waals surface area contributed by atoms with E-state index in [-0.39, 0.29) is 12.6 Å². The van der Waals surface area contributed by atoms with Gasteiger partial charge in [-0.3, -0.25) is 4.99 Å². The molecule has 1 saturated heterocycles. The number of aliphatic hydroxyl groups is 1. The topological polar surface area (TPSA) is 126 Å². The van der Waals surface area contributed by atoms with Crippen molar-refractivity contribution in [2.75, 3.05) is 38.3 Å². The van der Waals surface area contributed by atoms with Crippen LogP contribution in [0.1, 0.15) is 12.6 Å². The molecule has 1 fully saturated rings. The molecule has 1 aliphatic rings. The van der Waals surface area contributed by atoms with Crippen LogP contribution in [0.2, 0.25) is 0 Å². The Labute approximate surface area is 174 Å². The lowest BCUT2D eigenvalue weighted by Crippen LogP contribution is -2.44. The molecule has 9 nitrogen and oxygen atoms in total. The fourth-order valence-corrected chi connectivity index (χ4v) is 3.67. The van der Waals surface area contributed by atoms with Crippen molar-refractivity contribution in [3.05, 3.63) is 42.5 Å². The van der Waals surface area contributed by atoms with Crippen LogP contribution in [-0.2, 0) is 4.74 Å². The maximum Gasteiger partial charge on any atom is 0.162 e. The van der Waals surface area contributed by atoms with Crippen LogP contribution in [0.3, 0.4) is 0 Å². The standard InChI is InChI=1S/C21H25N7O2/c1-13-12-30-8-7-28(13)19-9-17(16(10-22)18(11-29)23-2)26-21(27-19)15-4-6-25-20-14(15)3-5-24-20/h3-6,9-10,13,29H,7-8,11-12,22H2,1-2H3,(H,24,25)/t13-/m1/s1. The molecule has 0 spiro atoms. The highest BCUT2D eigenvalue weighted by Crippen LogP contribution is 2.29. The lowest BCUT2D eigenvalue weighted by atomic mass is 10.1. The van der Waals surface area contributed by atoms with E-state index in [9.17, 15) is 5.11 Å². The zero-order valence-corrected chi connectivity index (χ0v) is 17.0. The summed E-state index contributed by atoms with van der Waals surface area (Å²) >= 11 is 0. The third kappa shape index (κ3) is 3.64. The number of ether oxygens (including phenoxy) is 1. The molecule has 3 aromatic rings. The van der Waals surface area contributed by atoms with Gasteiger partial charge in [-0.2, -0.15) is 0 Å². The van der Waals surface area contributed by atoms with Gasteiger partial charge in [-0.05, 0) is 19.1 Å². The number of anilines is 1. The predicted octanol–water partition coefficient (Wildman–Crippen LogP) is 1.61. The summed E-state index contributed by atoms with van der Waals surface area (Å²) in [6, 6.07) is 5.91. The summed E-state index contributed by atoms with van der Waals surface area (Å²) in [4.78, 5) is 23.5. The number of fused-ring (bicyclic) bond motifs is 1. The fourth-order valence-electron chi connectivity index (χ4n) is 3.67. The lowest BCUT2D eigenvalue weighted by Gasteiger charge is -2.34. The van der Waals surface area contributed by atoms with E-state index in [0.717, 1.165) is 29.0 Å². The molecule has 0 unspecified atom stereocenters. The van der Waals surface area contributed by atoms with E-state index in [4.69, 9.17) is 20.4 Å². The highest BCUT2D eigenvalue weighted by molar-refractivity contribution is 6.24. The zero-order valence-electron chi connectivity index (χ0n) is 17.0. The number of nitrogens with two attached hydrogens (primary N) is 1. The van der Waals surface area contributed by atoms with Crippen molar-refractivity contribution in [1.82, 2.24) is 19.9 Å². The number of rotatable bonds is 5. The van der Waals surface area contributed by atoms with Gasteiger partial charge in [0.15, 0.2) is 5.82 Å². The molecule has 1 atom stereocenters. The second-order valence-corrected chi connectivity index (χ2v) is 7.06. The van der Waals surface area contributed by atoms with Crippen molar-refractivity contribution < 1.29 is 9.84 Å². The molecule has 0 bridgehead atoms. The summed E-state index contributed by atoms with van der Waals surface area (Å²) < 4.78 is 5.59. The molecule has 3 aromatic heterocycles. The molecule has 0 aromatic carbocycles. The minimum absolute atomic E-state index is 0.168. The Bertz CT molecular complexity index is 1110. The van der Waals surface area contributed by atoms with Crippen LogP contribution in [0.15, 0.2) is 41.8 Å². The second kappa shape index (κ2) is 8.60. The summed E-state index contributed by atoms with van der Waals surface area (Å²) in [7, 11) is 1.62. The molecule has 4 heterocycles. The summed E-state index contributed by atoms with van der Waals surface area (Å²) in [5.41, 5.74) is 9.18. The van der Waals surface area contributed by atoms with Gasteiger partial charge in [-0.15, -0.1) is 0 Å². The Morgan fingerprint density at radius 1 is 1.43 bits per heavy atom. The SMILES string of the molecule is CN=C(CO)C(=CN)c1cc(N2CCOC[C@H]2C)nc(-c2ccnc3[nH]ccc23)n1. The van der Waals surface area contributed by atoms with Gasteiger partial charge in [0.2, 0.25) is 0 Å². The third-order valence-electron chi connectivity index (χ3n) is 5.25. The normalized spacial score (nSPS) is 18.2. The van der Waals surface area contributed by atoms with Crippen LogP contribution in [0.5, 0.6) is 0 Å². The summed E-state index contributed by atoms with van der Waals surface area (Å²) in [5, 5.41) is 10.7. The largest absolute Gasteiger partial charge is 0.404 e. The Kier molecular flexibility index (Phi) is 5.73. The van der Waals surface area contributed by atoms with Gasteiger partial charge < -0.3 is 25.5 Å². The van der Waals surface area contributed by atoms with Crippen LogP contribution < -0.4 is 10.6 Å². The Morgan fingerprint density at radius 2 is 2.30 bits per heavy atom. The number of aliphatic imine (C=N–C) groups is 1. The molecular formula is C21H25N7O2. The van der Waals surface area contributed by atoms with Crippen LogP contribution in [-0.4, -0.2) is 70.2 Å². The number of H-pyrrole nitrogens is 1. The molecule has 0 radical (unpaired) electrons. The van der Waals surface area contributed by atoms with Crippen molar-refractivity contribution in [3.8, 4) is 11.4 Å². The van der Waals surface area contributed by atoms with E-state index >= 15 is 0 Å². The number of aromatic amines is 1. The maximum atomic E-state index is 9.74. The summed E-state index contributed by atoms with van der Waals surface area (Å²) in [6.45, 7) is 3.85. The minimum atomic E-state index is -0.237. The maximum absolute atomic E-state index is 9.74. The molecule has 156 valence electrons. The van der Waals surface area contributed by atoms with Gasteiger partial charge in [0.1, 0.15) is 11.5 Å². The molecule has 4 rings (SSSR count). The van der Waals surface area contributed by atoms with Crippen LogP contribution in [0.25, 0.3) is 28.0 Å². The van der Waals surface area contributed by atoms with Gasteiger partial charge in [-0.1, -0.05) is 0 Å². The second-order valence-electron chi connectivity index (χ2n) is 7.06. The van der Waals surface area contributed by atoms with Crippen molar-refractivity contribution in [2.45, 2.75) is 13.0 Å². The van der Waals surface area contributed by atoms with E-state index < -0.39 is 0 Å². The molecule has 0 aliphatic carbocycles. The number of nitrogens with zero attached hydrogens (tertiary/aromatic N) is 5. The molecule has 30 heavy (non-hydrogen) atoms.